The summed E-state index contributed by atoms with van der Waals surface area (Å²) in [6, 6.07) is 18.7. The maximum Gasteiger partial charge on any atom is 0.408 e. The van der Waals surface area contributed by atoms with Gasteiger partial charge < -0.3 is 10.1 Å². The predicted molar refractivity (Wildman–Crippen MR) is 114 cm³/mol. The minimum absolute atomic E-state index is 0.0206. The molecule has 3 aromatic rings. The lowest BCUT2D eigenvalue weighted by Crippen LogP contribution is -2.35. The first-order chi connectivity index (χ1) is 14.2. The maximum absolute atomic E-state index is 12.6. The number of alkyl carbamates (subject to hydrolysis) is 1. The molecule has 30 heavy (non-hydrogen) atoms. The number of benzene rings is 2. The molecule has 0 bridgehead atoms. The number of nitro groups is 1. The normalized spacial score (nSPS) is 12.1. The van der Waals surface area contributed by atoms with Crippen LogP contribution in [0.15, 0.2) is 72.9 Å². The zero-order chi connectivity index (χ0) is 21.7. The van der Waals surface area contributed by atoms with E-state index in [2.05, 4.69) is 10.3 Å². The van der Waals surface area contributed by atoms with Gasteiger partial charge >= 0.3 is 6.09 Å². The van der Waals surface area contributed by atoms with Gasteiger partial charge in [0.2, 0.25) is 0 Å². The third-order valence-corrected chi connectivity index (χ3v) is 4.31. The molecule has 7 nitrogen and oxygen atoms in total. The van der Waals surface area contributed by atoms with E-state index in [0.29, 0.717) is 5.56 Å². The highest BCUT2D eigenvalue weighted by molar-refractivity contribution is 5.72. The third kappa shape index (κ3) is 5.20. The molecule has 1 N–H and O–H groups in total. The first kappa shape index (κ1) is 21.0. The largest absolute Gasteiger partial charge is 0.444 e. The minimum Gasteiger partial charge on any atom is -0.444 e. The fraction of sp³-hybridized carbons (Fsp3) is 0.217. The zero-order valence-electron chi connectivity index (χ0n) is 17.0. The highest BCUT2D eigenvalue weighted by atomic mass is 16.6. The molecule has 1 amide bonds. The second-order valence-corrected chi connectivity index (χ2v) is 7.73. The average Bonchev–Trinajstić information content (AvgIpc) is 2.71. The summed E-state index contributed by atoms with van der Waals surface area (Å²) in [5.41, 5.74) is 2.41. The third-order valence-electron chi connectivity index (χ3n) is 4.31. The van der Waals surface area contributed by atoms with Crippen molar-refractivity contribution in [1.82, 2.24) is 10.3 Å². The fourth-order valence-electron chi connectivity index (χ4n) is 3.06. The van der Waals surface area contributed by atoms with Crippen LogP contribution < -0.4 is 5.32 Å². The van der Waals surface area contributed by atoms with E-state index >= 15 is 0 Å². The number of nitrogens with one attached hydrogen (secondary N) is 1. The molecule has 1 aromatic heterocycles. The van der Waals surface area contributed by atoms with Crippen LogP contribution in [0.5, 0.6) is 0 Å². The lowest BCUT2D eigenvalue weighted by molar-refractivity contribution is -0.384. The van der Waals surface area contributed by atoms with E-state index in [1.165, 1.54) is 12.1 Å². The van der Waals surface area contributed by atoms with E-state index in [4.69, 9.17) is 4.74 Å². The Kier molecular flexibility index (Phi) is 6.11. The number of carbonyl (C=O) groups excluding carboxylic acids is 1. The van der Waals surface area contributed by atoms with Gasteiger partial charge in [-0.05, 0) is 56.2 Å². The van der Waals surface area contributed by atoms with Crippen molar-refractivity contribution in [3.8, 4) is 11.3 Å². The molecule has 1 heterocycles. The zero-order valence-corrected chi connectivity index (χ0v) is 17.0. The Hall–Kier alpha value is -3.74. The number of nitrogens with zero attached hydrogens (tertiary/aromatic N) is 2. The number of ether oxygens (including phenoxy) is 1. The highest BCUT2D eigenvalue weighted by Crippen LogP contribution is 2.32. The topological polar surface area (TPSA) is 94.4 Å². The molecule has 3 rings (SSSR count). The van der Waals surface area contributed by atoms with Crippen molar-refractivity contribution in [1.29, 1.82) is 0 Å². The summed E-state index contributed by atoms with van der Waals surface area (Å²) in [5, 5.41) is 13.9. The van der Waals surface area contributed by atoms with E-state index in [1.54, 1.807) is 39.1 Å². The summed E-state index contributed by atoms with van der Waals surface area (Å²) < 4.78 is 5.44. The molecule has 0 spiro atoms. The number of pyridine rings is 1. The summed E-state index contributed by atoms with van der Waals surface area (Å²) >= 11 is 0. The number of amides is 1. The number of non-ortho nitro benzene ring substituents is 1. The van der Waals surface area contributed by atoms with Gasteiger partial charge in [0.1, 0.15) is 5.60 Å². The van der Waals surface area contributed by atoms with Crippen LogP contribution in [0.2, 0.25) is 0 Å². The summed E-state index contributed by atoms with van der Waals surface area (Å²) in [5.74, 6) is 0. The van der Waals surface area contributed by atoms with Crippen LogP contribution in [0, 0.1) is 10.1 Å². The monoisotopic (exact) mass is 405 g/mol. The smallest absolute Gasteiger partial charge is 0.408 e. The van der Waals surface area contributed by atoms with Crippen LogP contribution in [0.3, 0.4) is 0 Å². The van der Waals surface area contributed by atoms with Gasteiger partial charge in [-0.3, -0.25) is 15.1 Å². The Morgan fingerprint density at radius 1 is 1.03 bits per heavy atom. The maximum atomic E-state index is 12.6. The summed E-state index contributed by atoms with van der Waals surface area (Å²) in [6.07, 6.45) is 1.12. The molecule has 0 radical (unpaired) electrons. The van der Waals surface area contributed by atoms with Crippen LogP contribution >= 0.6 is 0 Å². The molecule has 0 fully saturated rings. The van der Waals surface area contributed by atoms with Crippen molar-refractivity contribution in [2.45, 2.75) is 32.4 Å². The van der Waals surface area contributed by atoms with Crippen molar-refractivity contribution in [3.63, 3.8) is 0 Å². The molecule has 7 heteroatoms. The summed E-state index contributed by atoms with van der Waals surface area (Å²) in [6.45, 7) is 5.36. The number of nitro benzene ring substituents is 1. The van der Waals surface area contributed by atoms with Crippen LogP contribution in [0.1, 0.15) is 37.9 Å². The predicted octanol–water partition coefficient (Wildman–Crippen LogP) is 5.27. The van der Waals surface area contributed by atoms with Gasteiger partial charge in [-0.1, -0.05) is 30.3 Å². The molecule has 0 saturated heterocycles. The fourth-order valence-corrected chi connectivity index (χ4v) is 3.06. The van der Waals surface area contributed by atoms with Gasteiger partial charge in [0.15, 0.2) is 0 Å². The number of hydrogen-bond acceptors (Lipinski definition) is 5. The molecule has 1 unspecified atom stereocenters. The standard InChI is InChI=1S/C23H23N3O4/c1-23(2,3)30-22(27)25-21(16-11-13-17(14-12-16)26(28)29)19-9-5-4-8-18(19)20-10-6-7-15-24-20/h4-15,21H,1-3H3,(H,25,27). The highest BCUT2D eigenvalue weighted by Gasteiger charge is 2.24. The van der Waals surface area contributed by atoms with Gasteiger partial charge in [0.25, 0.3) is 5.69 Å². The molecule has 2 aromatic carbocycles. The number of carbonyl (C=O) groups is 1. The SMILES string of the molecule is CC(C)(C)OC(=O)NC(c1ccc([N+](=O)[O-])cc1)c1ccccc1-c1ccccn1. The first-order valence-corrected chi connectivity index (χ1v) is 9.49. The second-order valence-electron chi connectivity index (χ2n) is 7.73. The molecule has 0 saturated carbocycles. The van der Waals surface area contributed by atoms with Gasteiger partial charge in [0.05, 0.1) is 16.7 Å². The molecule has 0 aliphatic rings. The van der Waals surface area contributed by atoms with Crippen molar-refractivity contribution >= 4 is 11.8 Å². The Bertz CT molecular complexity index is 1030. The first-order valence-electron chi connectivity index (χ1n) is 9.49. The van der Waals surface area contributed by atoms with Gasteiger partial charge in [-0.15, -0.1) is 0 Å². The van der Waals surface area contributed by atoms with E-state index in [-0.39, 0.29) is 5.69 Å². The number of aromatic nitrogens is 1. The second kappa shape index (κ2) is 8.73. The van der Waals surface area contributed by atoms with Crippen molar-refractivity contribution in [2.75, 3.05) is 0 Å². The van der Waals surface area contributed by atoms with Crippen LogP contribution in [0.4, 0.5) is 10.5 Å². The Labute approximate surface area is 174 Å². The van der Waals surface area contributed by atoms with Crippen LogP contribution in [-0.4, -0.2) is 21.6 Å². The molecule has 1 atom stereocenters. The van der Waals surface area contributed by atoms with E-state index < -0.39 is 22.7 Å². The lowest BCUT2D eigenvalue weighted by atomic mass is 9.92. The molecular weight excluding hydrogens is 382 g/mol. The van der Waals surface area contributed by atoms with Crippen LogP contribution in [-0.2, 0) is 4.74 Å². The molecule has 0 aliphatic carbocycles. The van der Waals surface area contributed by atoms with Gasteiger partial charge in [-0.2, -0.15) is 0 Å². The van der Waals surface area contributed by atoms with Crippen molar-refractivity contribution < 1.29 is 14.5 Å². The number of hydrogen-bond donors (Lipinski definition) is 1. The summed E-state index contributed by atoms with van der Waals surface area (Å²) in [4.78, 5) is 27.6. The van der Waals surface area contributed by atoms with E-state index in [0.717, 1.165) is 16.8 Å². The Balaban J connectivity index is 2.06. The summed E-state index contributed by atoms with van der Waals surface area (Å²) in [7, 11) is 0. The minimum atomic E-state index is -0.662. The Morgan fingerprint density at radius 3 is 2.30 bits per heavy atom. The average molecular weight is 405 g/mol. The number of rotatable bonds is 5. The van der Waals surface area contributed by atoms with Crippen molar-refractivity contribution in [2.24, 2.45) is 0 Å². The molecule has 154 valence electrons. The molecular formula is C23H23N3O4. The van der Waals surface area contributed by atoms with E-state index in [9.17, 15) is 14.9 Å². The van der Waals surface area contributed by atoms with Gasteiger partial charge in [-0.25, -0.2) is 4.79 Å². The van der Waals surface area contributed by atoms with Gasteiger partial charge in [0, 0.05) is 23.9 Å². The van der Waals surface area contributed by atoms with Crippen LogP contribution in [0.25, 0.3) is 11.3 Å². The van der Waals surface area contributed by atoms with E-state index in [1.807, 2.05) is 42.5 Å². The van der Waals surface area contributed by atoms with Crippen molar-refractivity contribution in [3.05, 3.63) is 94.2 Å². The lowest BCUT2D eigenvalue weighted by Gasteiger charge is -2.25. The molecule has 0 aliphatic heterocycles. The Morgan fingerprint density at radius 2 is 1.70 bits per heavy atom. The quantitative estimate of drug-likeness (QED) is 0.461.